The Bertz CT molecular complexity index is 1690. The average molecular weight is 634 g/mol. The van der Waals surface area contributed by atoms with Gasteiger partial charge in [0.2, 0.25) is 11.9 Å². The van der Waals surface area contributed by atoms with Gasteiger partial charge in [0.05, 0.1) is 6.61 Å². The number of anilines is 4. The molecule has 18 nitrogen and oxygen atoms in total. The van der Waals surface area contributed by atoms with Gasteiger partial charge in [0.25, 0.3) is 20.2 Å². The molecule has 0 radical (unpaired) electrons. The van der Waals surface area contributed by atoms with Crippen LogP contribution in [0.5, 0.6) is 0 Å². The maximum atomic E-state index is 12.0. The van der Waals surface area contributed by atoms with Gasteiger partial charge in [0, 0.05) is 11.4 Å². The molecule has 0 saturated carbocycles. The minimum absolute atomic E-state index is 0.0485. The zero-order chi connectivity index (χ0) is 31.6. The summed E-state index contributed by atoms with van der Waals surface area (Å²) in [6, 6.07) is 6.96. The molecular formula is C23H23N9O9S2. The van der Waals surface area contributed by atoms with Crippen molar-refractivity contribution in [1.29, 1.82) is 0 Å². The number of carboxylic acids is 1. The Hall–Kier alpha value is -4.99. The molecule has 8 N–H and O–H groups in total. The van der Waals surface area contributed by atoms with Crippen molar-refractivity contribution in [2.75, 3.05) is 17.2 Å². The summed E-state index contributed by atoms with van der Waals surface area (Å²) in [5, 5.41) is 21.5. The first-order valence-electron chi connectivity index (χ1n) is 11.6. The van der Waals surface area contributed by atoms with Crippen molar-refractivity contribution in [2.45, 2.75) is 15.8 Å². The van der Waals surface area contributed by atoms with Crippen LogP contribution in [0.4, 0.5) is 23.3 Å². The monoisotopic (exact) mass is 633 g/mol. The molecule has 4 rings (SSSR count). The molecule has 0 saturated heterocycles. The van der Waals surface area contributed by atoms with E-state index in [0.717, 1.165) is 12.1 Å². The third-order valence-corrected chi connectivity index (χ3v) is 6.86. The van der Waals surface area contributed by atoms with Gasteiger partial charge in [-0.25, -0.2) is 29.9 Å². The Morgan fingerprint density at radius 1 is 0.767 bits per heavy atom. The summed E-state index contributed by atoms with van der Waals surface area (Å²) >= 11 is 0. The molecule has 0 fully saturated rings. The van der Waals surface area contributed by atoms with Gasteiger partial charge in [-0.05, 0) is 35.4 Å². The number of hydrogen-bond donors (Lipinski definition) is 7. The third-order valence-electron chi connectivity index (χ3n) is 5.04. The van der Waals surface area contributed by atoms with Crippen LogP contribution >= 0.6 is 0 Å². The van der Waals surface area contributed by atoms with E-state index in [9.17, 15) is 30.7 Å². The number of aliphatic hydroxyl groups is 1. The zero-order valence-electron chi connectivity index (χ0n) is 21.6. The lowest BCUT2D eigenvalue weighted by Crippen LogP contribution is -2.33. The Kier molecular flexibility index (Phi) is 10.8. The molecule has 2 aromatic carbocycles. The molecule has 4 aromatic rings. The van der Waals surface area contributed by atoms with E-state index < -0.39 is 48.6 Å². The standard InChI is InChI=1S/C20H16N8O6S2.C3H7NO3/c29-35(30,31)17-7-15(27-19-23-9-21-10-24-19)5-3-13(17)1-2-14-4-6-16(8-18(14)36(32,33)34)28-20-25-11-22-12-26-20;4-2(1-5)3(6)7/h1-12H,(H,29,30,31)(H,32,33,34)(H,21,23,24,27)(H,22,25,26,28);2,5H,1,4H2,(H,6,7)/t;2-/m.0/s1. The van der Waals surface area contributed by atoms with Gasteiger partial charge in [-0.3, -0.25) is 13.9 Å². The van der Waals surface area contributed by atoms with Crippen molar-refractivity contribution in [3.05, 3.63) is 72.8 Å². The molecular weight excluding hydrogens is 610 g/mol. The molecule has 0 bridgehead atoms. The van der Waals surface area contributed by atoms with Crippen LogP contribution < -0.4 is 16.4 Å². The van der Waals surface area contributed by atoms with Gasteiger partial charge in [-0.2, -0.15) is 16.8 Å². The van der Waals surface area contributed by atoms with Crippen LogP contribution in [0, 0.1) is 0 Å². The van der Waals surface area contributed by atoms with E-state index in [0.29, 0.717) is 0 Å². The highest BCUT2D eigenvalue weighted by molar-refractivity contribution is 7.86. The van der Waals surface area contributed by atoms with Crippen LogP contribution in [0.1, 0.15) is 11.1 Å². The second-order valence-corrected chi connectivity index (χ2v) is 10.9. The second kappa shape index (κ2) is 14.3. The fraction of sp³-hybridized carbons (Fsp3) is 0.0870. The smallest absolute Gasteiger partial charge is 0.322 e. The molecule has 0 amide bonds. The molecule has 20 heteroatoms. The largest absolute Gasteiger partial charge is 0.480 e. The van der Waals surface area contributed by atoms with Gasteiger partial charge in [0.1, 0.15) is 41.1 Å². The molecule has 226 valence electrons. The number of aliphatic carboxylic acids is 1. The Balaban J connectivity index is 0.000000646. The molecule has 2 heterocycles. The molecule has 0 aliphatic rings. The van der Waals surface area contributed by atoms with Gasteiger partial charge in [0.15, 0.2) is 0 Å². The van der Waals surface area contributed by atoms with Crippen LogP contribution in [-0.4, -0.2) is 84.7 Å². The predicted molar refractivity (Wildman–Crippen MR) is 150 cm³/mol. The topological polar surface area (TPSA) is 294 Å². The maximum absolute atomic E-state index is 12.0. The molecule has 1 atom stereocenters. The summed E-state index contributed by atoms with van der Waals surface area (Å²) in [6.07, 6.45) is 7.53. The lowest BCUT2D eigenvalue weighted by Gasteiger charge is -2.10. The van der Waals surface area contributed by atoms with Gasteiger partial charge >= 0.3 is 5.97 Å². The number of carbonyl (C=O) groups is 1. The van der Waals surface area contributed by atoms with Gasteiger partial charge in [-0.1, -0.05) is 24.3 Å². The highest BCUT2D eigenvalue weighted by atomic mass is 32.2. The van der Waals surface area contributed by atoms with Crippen LogP contribution in [0.25, 0.3) is 12.2 Å². The number of hydrogen-bond acceptors (Lipinski definition) is 15. The summed E-state index contributed by atoms with van der Waals surface area (Å²) < 4.78 is 67.5. The van der Waals surface area contributed by atoms with E-state index >= 15 is 0 Å². The van der Waals surface area contributed by atoms with Gasteiger partial charge in [-0.15, -0.1) is 0 Å². The van der Waals surface area contributed by atoms with E-state index in [1.165, 1.54) is 61.7 Å². The summed E-state index contributed by atoms with van der Waals surface area (Å²) in [6.45, 7) is -0.505. The normalized spacial score (nSPS) is 12.2. The second-order valence-electron chi connectivity index (χ2n) is 8.09. The molecule has 0 unspecified atom stereocenters. The number of carboxylic acid groups (broad SMARTS) is 1. The Labute approximate surface area is 244 Å². The minimum atomic E-state index is -4.67. The van der Waals surface area contributed by atoms with Crippen LogP contribution in [0.15, 0.2) is 71.5 Å². The number of aromatic nitrogens is 6. The molecule has 0 aliphatic heterocycles. The SMILES string of the molecule is N[C@@H](CO)C(=O)O.O=S(=O)(O)c1cc(Nc2ncncn2)ccc1C=Cc1ccc(Nc2ncncn2)cc1S(=O)(=O)O. The van der Waals surface area contributed by atoms with Crippen molar-refractivity contribution in [3.8, 4) is 0 Å². The highest BCUT2D eigenvalue weighted by Gasteiger charge is 2.18. The summed E-state index contributed by atoms with van der Waals surface area (Å²) in [7, 11) is -9.35. The fourth-order valence-electron chi connectivity index (χ4n) is 3.07. The van der Waals surface area contributed by atoms with Crippen molar-refractivity contribution in [2.24, 2.45) is 5.73 Å². The van der Waals surface area contributed by atoms with Crippen molar-refractivity contribution >= 4 is 61.6 Å². The molecule has 0 spiro atoms. The molecule has 0 aliphatic carbocycles. The lowest BCUT2D eigenvalue weighted by molar-refractivity contribution is -0.139. The van der Waals surface area contributed by atoms with Crippen molar-refractivity contribution < 1.29 is 40.9 Å². The maximum Gasteiger partial charge on any atom is 0.322 e. The van der Waals surface area contributed by atoms with E-state index in [2.05, 4.69) is 40.5 Å². The van der Waals surface area contributed by atoms with E-state index in [-0.39, 0.29) is 34.4 Å². The number of aliphatic hydroxyl groups excluding tert-OH is 1. The highest BCUT2D eigenvalue weighted by Crippen LogP contribution is 2.27. The van der Waals surface area contributed by atoms with Gasteiger partial charge < -0.3 is 26.6 Å². The number of nitrogens with two attached hydrogens (primary N) is 1. The number of nitrogens with one attached hydrogen (secondary N) is 2. The van der Waals surface area contributed by atoms with Crippen LogP contribution in [-0.2, 0) is 25.0 Å². The first-order chi connectivity index (χ1) is 20.3. The third kappa shape index (κ3) is 9.81. The van der Waals surface area contributed by atoms with Crippen molar-refractivity contribution in [1.82, 2.24) is 29.9 Å². The number of rotatable bonds is 10. The Morgan fingerprint density at radius 2 is 1.14 bits per heavy atom. The molecule has 43 heavy (non-hydrogen) atoms. The summed E-state index contributed by atoms with van der Waals surface area (Å²) in [5.74, 6) is -0.876. The fourth-order valence-corrected chi connectivity index (χ4v) is 4.49. The Morgan fingerprint density at radius 3 is 1.42 bits per heavy atom. The van der Waals surface area contributed by atoms with E-state index in [4.69, 9.17) is 15.9 Å². The van der Waals surface area contributed by atoms with Crippen LogP contribution in [0.2, 0.25) is 0 Å². The predicted octanol–water partition coefficient (Wildman–Crippen LogP) is 0.598. The first-order valence-corrected chi connectivity index (χ1v) is 14.4. The number of benzene rings is 2. The van der Waals surface area contributed by atoms with Crippen LogP contribution in [0.3, 0.4) is 0 Å². The zero-order valence-corrected chi connectivity index (χ0v) is 23.3. The van der Waals surface area contributed by atoms with Crippen molar-refractivity contribution in [3.63, 3.8) is 0 Å². The first kappa shape index (κ1) is 32.5. The average Bonchev–Trinajstić information content (AvgIpc) is 2.97. The molecule has 2 aromatic heterocycles. The summed E-state index contributed by atoms with van der Waals surface area (Å²) in [4.78, 5) is 31.6. The quantitative estimate of drug-likeness (QED) is 0.0928. The number of nitrogens with zero attached hydrogens (tertiary/aromatic N) is 6. The van der Waals surface area contributed by atoms with E-state index in [1.54, 1.807) is 0 Å². The van der Waals surface area contributed by atoms with E-state index in [1.807, 2.05) is 0 Å². The lowest BCUT2D eigenvalue weighted by atomic mass is 10.1. The minimum Gasteiger partial charge on any atom is -0.480 e. The summed E-state index contributed by atoms with van der Waals surface area (Å²) in [5.41, 5.74) is 5.39.